The first-order chi connectivity index (χ1) is 10.1. The van der Waals surface area contributed by atoms with Crippen molar-refractivity contribution in [1.82, 2.24) is 4.31 Å². The maximum atomic E-state index is 12.8. The largest absolute Gasteiger partial charge is 0.363 e. The number of ether oxygens (including phenoxy) is 1. The standard InChI is InChI=1S/C16H17NO3S/c1-13-7-9-15(10-8-13)21(18,19)17-12-20-11-16(17)14-5-3-2-4-6-14/h2-10,16H,11-12H2,1H3. The lowest BCUT2D eigenvalue weighted by Crippen LogP contribution is -2.31. The number of benzene rings is 2. The molecular weight excluding hydrogens is 286 g/mol. The average Bonchev–Trinajstić information content (AvgIpc) is 2.99. The van der Waals surface area contributed by atoms with Crippen LogP contribution in [-0.2, 0) is 14.8 Å². The van der Waals surface area contributed by atoms with Gasteiger partial charge in [0.05, 0.1) is 17.5 Å². The molecule has 0 N–H and O–H groups in total. The molecule has 2 aromatic rings. The topological polar surface area (TPSA) is 46.6 Å². The minimum absolute atomic E-state index is 0.0930. The van der Waals surface area contributed by atoms with Crippen LogP contribution < -0.4 is 0 Å². The molecule has 0 radical (unpaired) electrons. The lowest BCUT2D eigenvalue weighted by molar-refractivity contribution is 0.171. The van der Waals surface area contributed by atoms with Crippen LogP contribution in [0.25, 0.3) is 0 Å². The Bertz CT molecular complexity index is 711. The molecular formula is C16H17NO3S. The van der Waals surface area contributed by atoms with Crippen LogP contribution >= 0.6 is 0 Å². The highest BCUT2D eigenvalue weighted by atomic mass is 32.2. The molecule has 1 fully saturated rings. The number of sulfonamides is 1. The second-order valence-corrected chi connectivity index (χ2v) is 7.02. The first kappa shape index (κ1) is 14.3. The van der Waals surface area contributed by atoms with Crippen LogP contribution in [0, 0.1) is 6.92 Å². The minimum Gasteiger partial charge on any atom is -0.363 e. The van der Waals surface area contributed by atoms with E-state index < -0.39 is 10.0 Å². The molecule has 1 unspecified atom stereocenters. The fourth-order valence-electron chi connectivity index (χ4n) is 2.45. The van der Waals surface area contributed by atoms with Gasteiger partial charge in [0, 0.05) is 0 Å². The summed E-state index contributed by atoms with van der Waals surface area (Å²) in [5.41, 5.74) is 1.98. The maximum Gasteiger partial charge on any atom is 0.245 e. The van der Waals surface area contributed by atoms with Crippen LogP contribution in [0.15, 0.2) is 59.5 Å². The van der Waals surface area contributed by atoms with Crippen LogP contribution in [0.3, 0.4) is 0 Å². The van der Waals surface area contributed by atoms with Gasteiger partial charge in [0.25, 0.3) is 0 Å². The van der Waals surface area contributed by atoms with E-state index in [1.54, 1.807) is 24.3 Å². The molecule has 5 heteroatoms. The monoisotopic (exact) mass is 303 g/mol. The lowest BCUT2D eigenvalue weighted by Gasteiger charge is -2.22. The summed E-state index contributed by atoms with van der Waals surface area (Å²) >= 11 is 0. The van der Waals surface area contributed by atoms with Crippen LogP contribution in [0.2, 0.25) is 0 Å². The summed E-state index contributed by atoms with van der Waals surface area (Å²) in [5.74, 6) is 0. The van der Waals surface area contributed by atoms with E-state index in [9.17, 15) is 8.42 Å². The molecule has 1 saturated heterocycles. The second kappa shape index (κ2) is 5.60. The van der Waals surface area contributed by atoms with Crippen molar-refractivity contribution >= 4 is 10.0 Å². The summed E-state index contributed by atoms with van der Waals surface area (Å²) in [7, 11) is -3.54. The van der Waals surface area contributed by atoms with E-state index in [1.165, 1.54) is 4.31 Å². The molecule has 1 heterocycles. The summed E-state index contributed by atoms with van der Waals surface area (Å²) in [5, 5.41) is 0. The Morgan fingerprint density at radius 3 is 2.38 bits per heavy atom. The van der Waals surface area contributed by atoms with E-state index in [0.717, 1.165) is 11.1 Å². The van der Waals surface area contributed by atoms with Gasteiger partial charge in [-0.05, 0) is 24.6 Å². The van der Waals surface area contributed by atoms with Crippen molar-refractivity contribution in [3.05, 3.63) is 65.7 Å². The quantitative estimate of drug-likeness (QED) is 0.876. The number of aryl methyl sites for hydroxylation is 1. The smallest absolute Gasteiger partial charge is 0.245 e. The second-order valence-electron chi connectivity index (χ2n) is 5.13. The van der Waals surface area contributed by atoms with Crippen LogP contribution in [0.5, 0.6) is 0 Å². The zero-order valence-electron chi connectivity index (χ0n) is 11.8. The molecule has 0 bridgehead atoms. The molecule has 110 valence electrons. The van der Waals surface area contributed by atoms with Crippen molar-refractivity contribution in [3.8, 4) is 0 Å². The van der Waals surface area contributed by atoms with E-state index in [-0.39, 0.29) is 12.8 Å². The first-order valence-corrected chi connectivity index (χ1v) is 8.24. The normalized spacial score (nSPS) is 19.8. The lowest BCUT2D eigenvalue weighted by atomic mass is 10.1. The Morgan fingerprint density at radius 2 is 1.71 bits per heavy atom. The fourth-order valence-corrected chi connectivity index (χ4v) is 3.93. The third-order valence-electron chi connectivity index (χ3n) is 3.65. The first-order valence-electron chi connectivity index (χ1n) is 6.80. The molecule has 4 nitrogen and oxygen atoms in total. The Morgan fingerprint density at radius 1 is 1.05 bits per heavy atom. The number of hydrogen-bond acceptors (Lipinski definition) is 3. The minimum atomic E-state index is -3.54. The third kappa shape index (κ3) is 2.72. The summed E-state index contributed by atoms with van der Waals surface area (Å²) in [4.78, 5) is 0.305. The Balaban J connectivity index is 1.96. The summed E-state index contributed by atoms with van der Waals surface area (Å²) < 4.78 is 32.4. The van der Waals surface area contributed by atoms with Crippen molar-refractivity contribution in [2.75, 3.05) is 13.3 Å². The van der Waals surface area contributed by atoms with Gasteiger partial charge in [-0.15, -0.1) is 0 Å². The van der Waals surface area contributed by atoms with Crippen LogP contribution in [-0.4, -0.2) is 26.1 Å². The van der Waals surface area contributed by atoms with Crippen molar-refractivity contribution in [2.45, 2.75) is 17.9 Å². The van der Waals surface area contributed by atoms with Crippen LogP contribution in [0.1, 0.15) is 17.2 Å². The summed E-state index contributed by atoms with van der Waals surface area (Å²) in [6.45, 7) is 2.41. The molecule has 0 aromatic heterocycles. The molecule has 1 aliphatic heterocycles. The molecule has 3 rings (SSSR count). The Labute approximate surface area is 125 Å². The molecule has 0 saturated carbocycles. The highest BCUT2D eigenvalue weighted by Crippen LogP contribution is 2.31. The van der Waals surface area contributed by atoms with Gasteiger partial charge >= 0.3 is 0 Å². The molecule has 2 aromatic carbocycles. The van der Waals surface area contributed by atoms with E-state index in [4.69, 9.17) is 4.74 Å². The van der Waals surface area contributed by atoms with Gasteiger partial charge in [0.2, 0.25) is 10.0 Å². The molecule has 21 heavy (non-hydrogen) atoms. The van der Waals surface area contributed by atoms with Crippen LogP contribution in [0.4, 0.5) is 0 Å². The maximum absolute atomic E-state index is 12.8. The van der Waals surface area contributed by atoms with Gasteiger partial charge in [-0.25, -0.2) is 8.42 Å². The van der Waals surface area contributed by atoms with Gasteiger partial charge in [0.15, 0.2) is 0 Å². The highest BCUT2D eigenvalue weighted by Gasteiger charge is 2.36. The highest BCUT2D eigenvalue weighted by molar-refractivity contribution is 7.89. The van der Waals surface area contributed by atoms with E-state index in [1.807, 2.05) is 37.3 Å². The molecule has 0 amide bonds. The van der Waals surface area contributed by atoms with E-state index in [2.05, 4.69) is 0 Å². The van der Waals surface area contributed by atoms with Crippen molar-refractivity contribution in [3.63, 3.8) is 0 Å². The van der Waals surface area contributed by atoms with Crippen molar-refractivity contribution in [2.24, 2.45) is 0 Å². The SMILES string of the molecule is Cc1ccc(S(=O)(=O)N2COCC2c2ccccc2)cc1. The average molecular weight is 303 g/mol. The van der Waals surface area contributed by atoms with Gasteiger partial charge in [-0.1, -0.05) is 48.0 Å². The fraction of sp³-hybridized carbons (Fsp3) is 0.250. The Hall–Kier alpha value is -1.69. The predicted molar refractivity (Wildman–Crippen MR) is 80.2 cm³/mol. The summed E-state index contributed by atoms with van der Waals surface area (Å²) in [6.07, 6.45) is 0. The summed E-state index contributed by atoms with van der Waals surface area (Å²) in [6, 6.07) is 16.2. The molecule has 1 atom stereocenters. The van der Waals surface area contributed by atoms with Crippen molar-refractivity contribution in [1.29, 1.82) is 0 Å². The number of rotatable bonds is 3. The third-order valence-corrected chi connectivity index (χ3v) is 5.50. The molecule has 0 spiro atoms. The Kier molecular flexibility index (Phi) is 3.80. The van der Waals surface area contributed by atoms with Gasteiger partial charge in [0.1, 0.15) is 6.73 Å². The zero-order valence-corrected chi connectivity index (χ0v) is 12.6. The molecule has 0 aliphatic carbocycles. The van der Waals surface area contributed by atoms with E-state index in [0.29, 0.717) is 11.5 Å². The van der Waals surface area contributed by atoms with Crippen molar-refractivity contribution < 1.29 is 13.2 Å². The zero-order chi connectivity index (χ0) is 14.9. The van der Waals surface area contributed by atoms with Gasteiger partial charge in [-0.2, -0.15) is 4.31 Å². The molecule has 1 aliphatic rings. The van der Waals surface area contributed by atoms with Gasteiger partial charge < -0.3 is 4.74 Å². The number of nitrogens with zero attached hydrogens (tertiary/aromatic N) is 1. The predicted octanol–water partition coefficient (Wildman–Crippen LogP) is 2.71. The van der Waals surface area contributed by atoms with E-state index >= 15 is 0 Å². The number of hydrogen-bond donors (Lipinski definition) is 0. The van der Waals surface area contributed by atoms with Gasteiger partial charge in [-0.3, -0.25) is 0 Å².